The Hall–Kier alpha value is 0.270. The minimum atomic E-state index is 0.642. The molecule has 0 amide bonds. The fourth-order valence-corrected chi connectivity index (χ4v) is 3.99. The molecule has 102 valence electrons. The number of unbranched alkanes of at least 4 members (excludes halogenated alkanes) is 2. The maximum absolute atomic E-state index is 6.05. The van der Waals surface area contributed by atoms with Crippen LogP contribution in [-0.2, 0) is 0 Å². The van der Waals surface area contributed by atoms with E-state index in [1.807, 2.05) is 0 Å². The molecule has 1 heterocycles. The predicted molar refractivity (Wildman–Crippen MR) is 79.7 cm³/mol. The number of thioether (sulfide) groups is 1. The highest BCUT2D eigenvalue weighted by molar-refractivity contribution is 7.99. The van der Waals surface area contributed by atoms with Gasteiger partial charge in [0.2, 0.25) is 0 Å². The van der Waals surface area contributed by atoms with Crippen molar-refractivity contribution < 1.29 is 0 Å². The van der Waals surface area contributed by atoms with Crippen molar-refractivity contribution in [2.45, 2.75) is 52.0 Å². The quantitative estimate of drug-likeness (QED) is 0.689. The average Bonchev–Trinajstić information content (AvgIpc) is 2.86. The molecule has 2 nitrogen and oxygen atoms in total. The Morgan fingerprint density at radius 1 is 1.24 bits per heavy atom. The lowest BCUT2D eigenvalue weighted by Gasteiger charge is -2.34. The third-order valence-electron chi connectivity index (χ3n) is 3.82. The van der Waals surface area contributed by atoms with Crippen molar-refractivity contribution >= 4 is 11.8 Å². The first kappa shape index (κ1) is 15.3. The van der Waals surface area contributed by atoms with Crippen molar-refractivity contribution in [3.63, 3.8) is 0 Å². The maximum atomic E-state index is 6.05. The molecule has 2 unspecified atom stereocenters. The molecule has 0 saturated carbocycles. The van der Waals surface area contributed by atoms with Gasteiger partial charge in [-0.25, -0.2) is 0 Å². The number of nitrogens with two attached hydrogens (primary N) is 1. The Labute approximate surface area is 112 Å². The van der Waals surface area contributed by atoms with E-state index in [9.17, 15) is 0 Å². The molecule has 1 aliphatic rings. The molecule has 0 radical (unpaired) electrons. The van der Waals surface area contributed by atoms with E-state index in [0.717, 1.165) is 12.5 Å². The highest BCUT2D eigenvalue weighted by Crippen LogP contribution is 2.28. The third kappa shape index (κ3) is 5.19. The standard InChI is InChI=1S/C14H30N2S/c1-3-5-8-16(9-6-4-2)14(11-15)13-7-10-17-12-13/h13-14H,3-12,15H2,1-2H3. The van der Waals surface area contributed by atoms with Crippen LogP contribution in [0.1, 0.15) is 46.0 Å². The lowest BCUT2D eigenvalue weighted by molar-refractivity contribution is 0.150. The van der Waals surface area contributed by atoms with Crippen LogP contribution in [-0.4, -0.2) is 42.1 Å². The molecular formula is C14H30N2S. The summed E-state index contributed by atoms with van der Waals surface area (Å²) < 4.78 is 0. The smallest absolute Gasteiger partial charge is 0.0254 e. The highest BCUT2D eigenvalue weighted by atomic mass is 32.2. The lowest BCUT2D eigenvalue weighted by atomic mass is 9.97. The molecule has 3 heteroatoms. The van der Waals surface area contributed by atoms with Gasteiger partial charge in [-0.05, 0) is 49.8 Å². The van der Waals surface area contributed by atoms with Gasteiger partial charge in [0, 0.05) is 12.6 Å². The van der Waals surface area contributed by atoms with Crippen molar-refractivity contribution in [2.75, 3.05) is 31.1 Å². The van der Waals surface area contributed by atoms with Crippen LogP contribution in [0.25, 0.3) is 0 Å². The number of rotatable bonds is 9. The van der Waals surface area contributed by atoms with E-state index < -0.39 is 0 Å². The summed E-state index contributed by atoms with van der Waals surface area (Å²) in [4.78, 5) is 2.68. The molecule has 17 heavy (non-hydrogen) atoms. The van der Waals surface area contributed by atoms with Crippen LogP contribution in [0, 0.1) is 5.92 Å². The molecule has 0 aromatic rings. The Morgan fingerprint density at radius 2 is 1.88 bits per heavy atom. The number of hydrogen-bond donors (Lipinski definition) is 1. The second-order valence-electron chi connectivity index (χ2n) is 5.17. The molecule has 1 saturated heterocycles. The Bertz CT molecular complexity index is 173. The normalized spacial score (nSPS) is 22.2. The predicted octanol–water partition coefficient (Wildman–Crippen LogP) is 2.97. The van der Waals surface area contributed by atoms with E-state index in [4.69, 9.17) is 5.73 Å². The van der Waals surface area contributed by atoms with Crippen molar-refractivity contribution in [3.8, 4) is 0 Å². The fourth-order valence-electron chi connectivity index (χ4n) is 2.66. The van der Waals surface area contributed by atoms with Gasteiger partial charge in [-0.15, -0.1) is 0 Å². The zero-order chi connectivity index (χ0) is 12.5. The van der Waals surface area contributed by atoms with Crippen molar-refractivity contribution in [2.24, 2.45) is 11.7 Å². The summed E-state index contributed by atoms with van der Waals surface area (Å²) in [5.41, 5.74) is 6.05. The number of nitrogens with zero attached hydrogens (tertiary/aromatic N) is 1. The van der Waals surface area contributed by atoms with Crippen molar-refractivity contribution in [3.05, 3.63) is 0 Å². The summed E-state index contributed by atoms with van der Waals surface area (Å²) in [6.45, 7) is 7.90. The Morgan fingerprint density at radius 3 is 2.29 bits per heavy atom. The topological polar surface area (TPSA) is 29.3 Å². The minimum absolute atomic E-state index is 0.642. The molecule has 0 aromatic heterocycles. The molecule has 2 N–H and O–H groups in total. The van der Waals surface area contributed by atoms with Crippen LogP contribution in [0.5, 0.6) is 0 Å². The maximum Gasteiger partial charge on any atom is 0.0254 e. The van der Waals surface area contributed by atoms with Gasteiger partial charge < -0.3 is 5.73 Å². The van der Waals surface area contributed by atoms with Gasteiger partial charge in [0.25, 0.3) is 0 Å². The fraction of sp³-hybridized carbons (Fsp3) is 1.00. The molecule has 0 aliphatic carbocycles. The molecule has 2 atom stereocenters. The minimum Gasteiger partial charge on any atom is -0.329 e. The van der Waals surface area contributed by atoms with Crippen LogP contribution in [0.2, 0.25) is 0 Å². The van der Waals surface area contributed by atoms with E-state index in [-0.39, 0.29) is 0 Å². The van der Waals surface area contributed by atoms with Crippen LogP contribution >= 0.6 is 11.8 Å². The monoisotopic (exact) mass is 258 g/mol. The van der Waals surface area contributed by atoms with E-state index in [1.54, 1.807) is 0 Å². The van der Waals surface area contributed by atoms with E-state index in [1.165, 1.54) is 56.7 Å². The largest absolute Gasteiger partial charge is 0.329 e. The van der Waals surface area contributed by atoms with Gasteiger partial charge in [0.15, 0.2) is 0 Å². The second-order valence-corrected chi connectivity index (χ2v) is 6.32. The lowest BCUT2D eigenvalue weighted by Crippen LogP contribution is -2.46. The zero-order valence-electron chi connectivity index (χ0n) is 11.7. The van der Waals surface area contributed by atoms with Gasteiger partial charge >= 0.3 is 0 Å². The summed E-state index contributed by atoms with van der Waals surface area (Å²) in [6, 6.07) is 0.642. The van der Waals surface area contributed by atoms with Crippen molar-refractivity contribution in [1.29, 1.82) is 0 Å². The van der Waals surface area contributed by atoms with Crippen LogP contribution in [0.15, 0.2) is 0 Å². The van der Waals surface area contributed by atoms with E-state index in [2.05, 4.69) is 30.5 Å². The van der Waals surface area contributed by atoms with Gasteiger partial charge in [-0.3, -0.25) is 4.90 Å². The van der Waals surface area contributed by atoms with Crippen molar-refractivity contribution in [1.82, 2.24) is 4.90 Å². The van der Waals surface area contributed by atoms with Crippen LogP contribution in [0.3, 0.4) is 0 Å². The van der Waals surface area contributed by atoms with Gasteiger partial charge in [-0.2, -0.15) is 11.8 Å². The summed E-state index contributed by atoms with van der Waals surface area (Å²) in [6.07, 6.45) is 6.60. The van der Waals surface area contributed by atoms with E-state index in [0.29, 0.717) is 6.04 Å². The zero-order valence-corrected chi connectivity index (χ0v) is 12.5. The highest BCUT2D eigenvalue weighted by Gasteiger charge is 2.28. The first-order valence-electron chi connectivity index (χ1n) is 7.35. The summed E-state index contributed by atoms with van der Waals surface area (Å²) in [5, 5.41) is 0. The average molecular weight is 258 g/mol. The molecule has 1 rings (SSSR count). The van der Waals surface area contributed by atoms with Crippen LogP contribution in [0.4, 0.5) is 0 Å². The molecular weight excluding hydrogens is 228 g/mol. The molecule has 1 fully saturated rings. The summed E-state index contributed by atoms with van der Waals surface area (Å²) >= 11 is 2.11. The molecule has 1 aliphatic heterocycles. The van der Waals surface area contributed by atoms with Gasteiger partial charge in [0.05, 0.1) is 0 Å². The molecule has 0 bridgehead atoms. The molecule has 0 spiro atoms. The summed E-state index contributed by atoms with van der Waals surface area (Å²) in [7, 11) is 0. The van der Waals surface area contributed by atoms with Gasteiger partial charge in [0.1, 0.15) is 0 Å². The SMILES string of the molecule is CCCCN(CCCC)C(CN)C1CCSC1. The van der Waals surface area contributed by atoms with E-state index >= 15 is 0 Å². The molecule has 0 aromatic carbocycles. The first-order chi connectivity index (χ1) is 8.33. The van der Waals surface area contributed by atoms with Crippen LogP contribution < -0.4 is 5.73 Å². The summed E-state index contributed by atoms with van der Waals surface area (Å²) in [5.74, 6) is 3.52. The third-order valence-corrected chi connectivity index (χ3v) is 5.01. The number of hydrogen-bond acceptors (Lipinski definition) is 3. The Balaban J connectivity index is 2.49. The second kappa shape index (κ2) is 9.23. The van der Waals surface area contributed by atoms with Gasteiger partial charge in [-0.1, -0.05) is 26.7 Å². The Kier molecular flexibility index (Phi) is 8.33. The first-order valence-corrected chi connectivity index (χ1v) is 8.50.